The molecule has 6 heteroatoms. The summed E-state index contributed by atoms with van der Waals surface area (Å²) in [5.74, 6) is 1.22. The summed E-state index contributed by atoms with van der Waals surface area (Å²) < 4.78 is 10.7. The Kier molecular flexibility index (Phi) is 5.91. The minimum absolute atomic E-state index is 0.215. The topological polar surface area (TPSA) is 67.6 Å². The van der Waals surface area contributed by atoms with E-state index in [1.807, 2.05) is 39.5 Å². The number of piperidine rings is 1. The van der Waals surface area contributed by atoms with Crippen LogP contribution in [0.5, 0.6) is 0 Å². The Balaban J connectivity index is 1.86. The van der Waals surface area contributed by atoms with Gasteiger partial charge in [-0.25, -0.2) is 4.79 Å². The summed E-state index contributed by atoms with van der Waals surface area (Å²) in [6.07, 6.45) is 1.86. The average Bonchev–Trinajstić information content (AvgIpc) is 2.82. The van der Waals surface area contributed by atoms with Gasteiger partial charge in [-0.1, -0.05) is 12.1 Å². The number of carbonyl (C=O) groups is 1. The third-order valence-corrected chi connectivity index (χ3v) is 4.37. The Labute approximate surface area is 144 Å². The normalized spacial score (nSPS) is 20.1. The van der Waals surface area contributed by atoms with E-state index < -0.39 is 5.60 Å². The molecule has 136 valence electrons. The second kappa shape index (κ2) is 7.55. The van der Waals surface area contributed by atoms with Crippen LogP contribution in [-0.2, 0) is 4.74 Å². The van der Waals surface area contributed by atoms with Crippen LogP contribution in [0.3, 0.4) is 0 Å². The van der Waals surface area contributed by atoms with E-state index in [2.05, 4.69) is 17.4 Å². The summed E-state index contributed by atoms with van der Waals surface area (Å²) in [4.78, 5) is 14.0. The molecule has 0 spiro atoms. The van der Waals surface area contributed by atoms with Crippen LogP contribution < -0.4 is 5.32 Å². The molecule has 1 amide bonds. The van der Waals surface area contributed by atoms with Gasteiger partial charge in [-0.05, 0) is 53.4 Å². The molecule has 1 aromatic heterocycles. The molecule has 1 fully saturated rings. The van der Waals surface area contributed by atoms with Gasteiger partial charge in [-0.3, -0.25) is 0 Å². The number of hydrogen-bond acceptors (Lipinski definition) is 5. The fraction of sp³-hybridized carbons (Fsp3) is 0.778. The van der Waals surface area contributed by atoms with E-state index in [-0.39, 0.29) is 6.09 Å². The number of carbonyl (C=O) groups excluding carboxylic acids is 1. The van der Waals surface area contributed by atoms with E-state index in [4.69, 9.17) is 9.26 Å². The van der Waals surface area contributed by atoms with Crippen molar-refractivity contribution >= 4 is 6.09 Å². The molecular weight excluding hydrogens is 306 g/mol. The molecule has 1 aliphatic rings. The summed E-state index contributed by atoms with van der Waals surface area (Å²) >= 11 is 0. The molecule has 6 nitrogen and oxygen atoms in total. The molecule has 0 radical (unpaired) electrons. The maximum Gasteiger partial charge on any atom is 0.410 e. The number of ether oxygens (including phenoxy) is 1. The van der Waals surface area contributed by atoms with Gasteiger partial charge in [0.2, 0.25) is 0 Å². The largest absolute Gasteiger partial charge is 0.444 e. The van der Waals surface area contributed by atoms with E-state index >= 15 is 0 Å². The fourth-order valence-electron chi connectivity index (χ4n) is 3.28. The minimum atomic E-state index is -0.449. The Morgan fingerprint density at radius 3 is 2.75 bits per heavy atom. The van der Waals surface area contributed by atoms with Gasteiger partial charge in [0.1, 0.15) is 11.4 Å². The molecule has 0 unspecified atom stereocenters. The quantitative estimate of drug-likeness (QED) is 0.912. The van der Waals surface area contributed by atoms with Gasteiger partial charge >= 0.3 is 6.09 Å². The Bertz CT molecular complexity index is 543. The van der Waals surface area contributed by atoms with Crippen LogP contribution in [0.25, 0.3) is 0 Å². The minimum Gasteiger partial charge on any atom is -0.444 e. The third kappa shape index (κ3) is 4.97. The highest BCUT2D eigenvalue weighted by atomic mass is 16.6. The molecule has 1 aromatic rings. The first kappa shape index (κ1) is 18.8. The van der Waals surface area contributed by atoms with E-state index in [1.165, 1.54) is 5.56 Å². The molecule has 1 aliphatic heterocycles. The molecule has 2 atom stereocenters. The van der Waals surface area contributed by atoms with E-state index in [0.717, 1.165) is 37.4 Å². The number of amides is 1. The van der Waals surface area contributed by atoms with Crippen molar-refractivity contribution in [3.05, 3.63) is 17.0 Å². The van der Waals surface area contributed by atoms with Crippen molar-refractivity contribution in [1.29, 1.82) is 0 Å². The molecular formula is C18H31N3O3. The van der Waals surface area contributed by atoms with Crippen LogP contribution >= 0.6 is 0 Å². The van der Waals surface area contributed by atoms with E-state index in [0.29, 0.717) is 18.5 Å². The number of aromatic nitrogens is 1. The first-order chi connectivity index (χ1) is 11.2. The summed E-state index contributed by atoms with van der Waals surface area (Å²) in [6.45, 7) is 14.1. The molecule has 1 saturated heterocycles. The highest BCUT2D eigenvalue weighted by molar-refractivity contribution is 5.68. The van der Waals surface area contributed by atoms with Crippen LogP contribution in [0.2, 0.25) is 0 Å². The van der Waals surface area contributed by atoms with Gasteiger partial charge in [0.25, 0.3) is 0 Å². The van der Waals surface area contributed by atoms with Gasteiger partial charge in [0.05, 0.1) is 5.69 Å². The fourth-order valence-corrected chi connectivity index (χ4v) is 3.28. The summed E-state index contributed by atoms with van der Waals surface area (Å²) in [5.41, 5.74) is 1.69. The van der Waals surface area contributed by atoms with E-state index in [1.54, 1.807) is 0 Å². The number of aryl methyl sites for hydroxylation is 2. The lowest BCUT2D eigenvalue weighted by Gasteiger charge is -2.35. The Hall–Kier alpha value is -1.56. The van der Waals surface area contributed by atoms with Crippen LogP contribution in [0.15, 0.2) is 4.52 Å². The second-order valence-electron chi connectivity index (χ2n) is 7.81. The predicted octanol–water partition coefficient (Wildman–Crippen LogP) is 3.38. The van der Waals surface area contributed by atoms with Gasteiger partial charge in [0, 0.05) is 31.2 Å². The smallest absolute Gasteiger partial charge is 0.410 e. The number of nitrogens with one attached hydrogen (secondary N) is 1. The van der Waals surface area contributed by atoms with E-state index in [9.17, 15) is 4.79 Å². The Morgan fingerprint density at radius 1 is 1.46 bits per heavy atom. The summed E-state index contributed by atoms with van der Waals surface area (Å²) in [6, 6.07) is 0.300. The van der Waals surface area contributed by atoms with Gasteiger partial charge in [-0.15, -0.1) is 0 Å². The average molecular weight is 337 g/mol. The molecule has 0 aliphatic carbocycles. The molecule has 0 saturated carbocycles. The van der Waals surface area contributed by atoms with Crippen molar-refractivity contribution in [3.63, 3.8) is 0 Å². The summed E-state index contributed by atoms with van der Waals surface area (Å²) in [7, 11) is 0. The van der Waals surface area contributed by atoms with Crippen molar-refractivity contribution in [3.8, 4) is 0 Å². The number of nitrogens with zero attached hydrogens (tertiary/aromatic N) is 2. The number of likely N-dealkylation sites (tertiary alicyclic amines) is 1. The zero-order valence-electron chi connectivity index (χ0n) is 15.8. The van der Waals surface area contributed by atoms with Crippen molar-refractivity contribution in [2.45, 2.75) is 71.9 Å². The van der Waals surface area contributed by atoms with Crippen molar-refractivity contribution < 1.29 is 14.1 Å². The maximum atomic E-state index is 12.2. The van der Waals surface area contributed by atoms with Gasteiger partial charge in [-0.2, -0.15) is 0 Å². The molecule has 2 rings (SSSR count). The zero-order valence-corrected chi connectivity index (χ0v) is 15.8. The van der Waals surface area contributed by atoms with Crippen LogP contribution in [0.1, 0.15) is 63.5 Å². The highest BCUT2D eigenvalue weighted by Gasteiger charge is 2.28. The van der Waals surface area contributed by atoms with Crippen molar-refractivity contribution in [1.82, 2.24) is 15.4 Å². The molecule has 1 N–H and O–H groups in total. The maximum absolute atomic E-state index is 12.2. The monoisotopic (exact) mass is 337 g/mol. The lowest BCUT2D eigenvalue weighted by Crippen LogP contribution is -2.49. The number of rotatable bonds is 4. The van der Waals surface area contributed by atoms with Crippen molar-refractivity contribution in [2.24, 2.45) is 0 Å². The van der Waals surface area contributed by atoms with Crippen LogP contribution in [-0.4, -0.2) is 47.4 Å². The Morgan fingerprint density at radius 2 is 2.17 bits per heavy atom. The van der Waals surface area contributed by atoms with Crippen LogP contribution in [0.4, 0.5) is 4.79 Å². The second-order valence-corrected chi connectivity index (χ2v) is 7.81. The number of hydrogen-bond donors (Lipinski definition) is 1. The molecule has 0 aromatic carbocycles. The lowest BCUT2D eigenvalue weighted by molar-refractivity contribution is 0.0187. The van der Waals surface area contributed by atoms with Gasteiger partial charge in [0.15, 0.2) is 0 Å². The first-order valence-corrected chi connectivity index (χ1v) is 8.81. The molecule has 0 bridgehead atoms. The standard InChI is InChI=1S/C18H31N3O3/c1-12(16-13(2)20-24-14(16)3)10-19-15-8-7-9-21(11-15)17(22)23-18(4,5)6/h12,15,19H,7-11H2,1-6H3/t12-,15-/m1/s1. The molecule has 24 heavy (non-hydrogen) atoms. The predicted molar refractivity (Wildman–Crippen MR) is 93.2 cm³/mol. The van der Waals surface area contributed by atoms with Gasteiger partial charge < -0.3 is 19.5 Å². The highest BCUT2D eigenvalue weighted by Crippen LogP contribution is 2.23. The first-order valence-electron chi connectivity index (χ1n) is 8.81. The molecule has 2 heterocycles. The van der Waals surface area contributed by atoms with Crippen LogP contribution in [0, 0.1) is 13.8 Å². The third-order valence-electron chi connectivity index (χ3n) is 4.37. The van der Waals surface area contributed by atoms with Crippen molar-refractivity contribution in [2.75, 3.05) is 19.6 Å². The zero-order chi connectivity index (χ0) is 17.9. The SMILES string of the molecule is Cc1noc(C)c1[C@H](C)CN[C@@H]1CCCN(C(=O)OC(C)(C)C)C1. The summed E-state index contributed by atoms with van der Waals surface area (Å²) in [5, 5.41) is 7.62. The lowest BCUT2D eigenvalue weighted by atomic mass is 9.98.